The molecule has 20 heavy (non-hydrogen) atoms. The highest BCUT2D eigenvalue weighted by Gasteiger charge is 2.29. The lowest BCUT2D eigenvalue weighted by Crippen LogP contribution is -2.45. The zero-order valence-electron chi connectivity index (χ0n) is 11.3. The quantitative estimate of drug-likeness (QED) is 0.761. The van der Waals surface area contributed by atoms with Gasteiger partial charge in [-0.05, 0) is 18.8 Å². The van der Waals surface area contributed by atoms with Gasteiger partial charge in [-0.25, -0.2) is 4.98 Å². The van der Waals surface area contributed by atoms with Crippen LogP contribution in [0.1, 0.15) is 42.6 Å². The van der Waals surface area contributed by atoms with Gasteiger partial charge in [0.15, 0.2) is 5.78 Å². The lowest BCUT2D eigenvalue weighted by atomic mass is 9.84. The van der Waals surface area contributed by atoms with Crippen LogP contribution < -0.4 is 5.32 Å². The molecule has 0 aliphatic heterocycles. The van der Waals surface area contributed by atoms with E-state index in [1.807, 2.05) is 0 Å². The molecular weight excluding hydrogens is 258 g/mol. The molecule has 1 fully saturated rings. The smallest absolute Gasteiger partial charge is 0.320 e. The number of carbonyl (C=O) groups excluding carboxylic acids is 1. The van der Waals surface area contributed by atoms with Crippen LogP contribution in [0.3, 0.4) is 0 Å². The van der Waals surface area contributed by atoms with Crippen LogP contribution in [0.15, 0.2) is 18.6 Å². The predicted octanol–water partition coefficient (Wildman–Crippen LogP) is 1.28. The first kappa shape index (κ1) is 14.6. The Labute approximate surface area is 117 Å². The predicted molar refractivity (Wildman–Crippen MR) is 72.4 cm³/mol. The standard InChI is InChI=1S/C14H19N3O3/c18-12(11-8-15-6-7-16-11)9-17-13(14(19)20)10-4-2-1-3-5-10/h6-8,10,13,17H,1-5,9H2,(H,19,20). The molecule has 1 aromatic heterocycles. The zero-order valence-corrected chi connectivity index (χ0v) is 11.3. The fourth-order valence-corrected chi connectivity index (χ4v) is 2.66. The van der Waals surface area contributed by atoms with Gasteiger partial charge in [-0.3, -0.25) is 19.9 Å². The number of hydrogen-bond donors (Lipinski definition) is 2. The molecular formula is C14H19N3O3. The van der Waals surface area contributed by atoms with Crippen molar-refractivity contribution < 1.29 is 14.7 Å². The summed E-state index contributed by atoms with van der Waals surface area (Å²) in [6.07, 6.45) is 9.44. The second kappa shape index (κ2) is 7.09. The zero-order chi connectivity index (χ0) is 14.4. The Morgan fingerprint density at radius 3 is 2.65 bits per heavy atom. The van der Waals surface area contributed by atoms with Crippen LogP contribution in [-0.2, 0) is 4.79 Å². The van der Waals surface area contributed by atoms with E-state index in [0.29, 0.717) is 0 Å². The van der Waals surface area contributed by atoms with Gasteiger partial charge in [0.25, 0.3) is 0 Å². The molecule has 1 atom stereocenters. The molecule has 0 bridgehead atoms. The van der Waals surface area contributed by atoms with Crippen LogP contribution >= 0.6 is 0 Å². The summed E-state index contributed by atoms with van der Waals surface area (Å²) in [5, 5.41) is 12.2. The first-order valence-corrected chi connectivity index (χ1v) is 6.94. The first-order chi connectivity index (χ1) is 9.68. The van der Waals surface area contributed by atoms with Gasteiger partial charge < -0.3 is 5.11 Å². The molecule has 1 aliphatic rings. The number of carboxylic acids is 1. The molecule has 0 spiro atoms. The molecule has 1 saturated carbocycles. The van der Waals surface area contributed by atoms with Crippen molar-refractivity contribution in [1.29, 1.82) is 0 Å². The van der Waals surface area contributed by atoms with Crippen molar-refractivity contribution in [1.82, 2.24) is 15.3 Å². The molecule has 6 heteroatoms. The number of rotatable bonds is 6. The van der Waals surface area contributed by atoms with Gasteiger partial charge in [-0.15, -0.1) is 0 Å². The van der Waals surface area contributed by atoms with E-state index in [0.717, 1.165) is 25.7 Å². The monoisotopic (exact) mass is 277 g/mol. The first-order valence-electron chi connectivity index (χ1n) is 6.94. The highest BCUT2D eigenvalue weighted by atomic mass is 16.4. The second-order valence-corrected chi connectivity index (χ2v) is 5.11. The van der Waals surface area contributed by atoms with Crippen LogP contribution in [0.5, 0.6) is 0 Å². The van der Waals surface area contributed by atoms with Crippen LogP contribution in [0, 0.1) is 5.92 Å². The minimum absolute atomic E-state index is 0.0217. The van der Waals surface area contributed by atoms with Gasteiger partial charge in [0.2, 0.25) is 0 Å². The summed E-state index contributed by atoms with van der Waals surface area (Å²) in [7, 11) is 0. The molecule has 1 aliphatic carbocycles. The van der Waals surface area contributed by atoms with Crippen molar-refractivity contribution in [2.75, 3.05) is 6.54 Å². The largest absolute Gasteiger partial charge is 0.480 e. The highest BCUT2D eigenvalue weighted by molar-refractivity contribution is 5.95. The van der Waals surface area contributed by atoms with Crippen LogP contribution in [-0.4, -0.2) is 39.4 Å². The molecule has 108 valence electrons. The van der Waals surface area contributed by atoms with Gasteiger partial charge in [-0.2, -0.15) is 0 Å². The third kappa shape index (κ3) is 3.84. The fraction of sp³-hybridized carbons (Fsp3) is 0.571. The minimum Gasteiger partial charge on any atom is -0.480 e. The Morgan fingerprint density at radius 2 is 2.05 bits per heavy atom. The highest BCUT2D eigenvalue weighted by Crippen LogP contribution is 2.26. The van der Waals surface area contributed by atoms with Crippen molar-refractivity contribution in [3.05, 3.63) is 24.3 Å². The van der Waals surface area contributed by atoms with Crippen molar-refractivity contribution in [2.24, 2.45) is 5.92 Å². The third-order valence-electron chi connectivity index (χ3n) is 3.72. The van der Waals surface area contributed by atoms with E-state index in [-0.39, 0.29) is 23.9 Å². The summed E-state index contributed by atoms with van der Waals surface area (Å²) in [6, 6.07) is -0.657. The molecule has 1 unspecified atom stereocenters. The summed E-state index contributed by atoms with van der Waals surface area (Å²) in [4.78, 5) is 31.0. The van der Waals surface area contributed by atoms with Crippen molar-refractivity contribution in [3.8, 4) is 0 Å². The maximum Gasteiger partial charge on any atom is 0.320 e. The maximum atomic E-state index is 11.9. The number of Topliss-reactive ketones (excluding diaryl/α,β-unsaturated/α-hetero) is 1. The average Bonchev–Trinajstić information content (AvgIpc) is 2.49. The van der Waals surface area contributed by atoms with E-state index in [2.05, 4.69) is 15.3 Å². The summed E-state index contributed by atoms with van der Waals surface area (Å²) in [5.41, 5.74) is 0.257. The number of aromatic nitrogens is 2. The Bertz CT molecular complexity index is 458. The van der Waals surface area contributed by atoms with Crippen molar-refractivity contribution in [2.45, 2.75) is 38.1 Å². The molecule has 2 rings (SSSR count). The molecule has 0 aromatic carbocycles. The number of ketones is 1. The van der Waals surface area contributed by atoms with E-state index in [9.17, 15) is 14.7 Å². The normalized spacial score (nSPS) is 17.6. The summed E-state index contributed by atoms with van der Waals surface area (Å²) in [6.45, 7) is -0.0217. The van der Waals surface area contributed by atoms with E-state index in [1.165, 1.54) is 25.0 Å². The Balaban J connectivity index is 1.92. The third-order valence-corrected chi connectivity index (χ3v) is 3.72. The van der Waals surface area contributed by atoms with Crippen LogP contribution in [0.4, 0.5) is 0 Å². The van der Waals surface area contributed by atoms with Gasteiger partial charge in [0.05, 0.1) is 12.7 Å². The molecule has 0 saturated heterocycles. The SMILES string of the molecule is O=C(CNC(C(=O)O)C1CCCCC1)c1cnccn1. The molecule has 0 radical (unpaired) electrons. The van der Waals surface area contributed by atoms with E-state index in [1.54, 1.807) is 0 Å². The van der Waals surface area contributed by atoms with Gasteiger partial charge in [-0.1, -0.05) is 19.3 Å². The number of nitrogens with one attached hydrogen (secondary N) is 1. The topological polar surface area (TPSA) is 92.2 Å². The number of carbonyl (C=O) groups is 2. The number of hydrogen-bond acceptors (Lipinski definition) is 5. The van der Waals surface area contributed by atoms with Crippen molar-refractivity contribution >= 4 is 11.8 Å². The lowest BCUT2D eigenvalue weighted by Gasteiger charge is -2.27. The Morgan fingerprint density at radius 1 is 1.30 bits per heavy atom. The molecule has 1 heterocycles. The van der Waals surface area contributed by atoms with E-state index >= 15 is 0 Å². The average molecular weight is 277 g/mol. The lowest BCUT2D eigenvalue weighted by molar-refractivity contribution is -0.141. The van der Waals surface area contributed by atoms with Crippen LogP contribution in [0.2, 0.25) is 0 Å². The van der Waals surface area contributed by atoms with Crippen molar-refractivity contribution in [3.63, 3.8) is 0 Å². The van der Waals surface area contributed by atoms with E-state index < -0.39 is 12.0 Å². The molecule has 6 nitrogen and oxygen atoms in total. The fourth-order valence-electron chi connectivity index (χ4n) is 2.66. The maximum absolute atomic E-state index is 11.9. The number of aliphatic carboxylic acids is 1. The summed E-state index contributed by atoms with van der Waals surface area (Å²) in [5.74, 6) is -1.01. The molecule has 0 amide bonds. The Hall–Kier alpha value is -1.82. The number of nitrogens with zero attached hydrogens (tertiary/aromatic N) is 2. The second-order valence-electron chi connectivity index (χ2n) is 5.11. The molecule has 2 N–H and O–H groups in total. The molecule has 1 aromatic rings. The van der Waals surface area contributed by atoms with Crippen LogP contribution in [0.25, 0.3) is 0 Å². The number of carboxylic acid groups (broad SMARTS) is 1. The van der Waals surface area contributed by atoms with Gasteiger partial charge in [0.1, 0.15) is 11.7 Å². The Kier molecular flexibility index (Phi) is 5.17. The van der Waals surface area contributed by atoms with Gasteiger partial charge >= 0.3 is 5.97 Å². The minimum atomic E-state index is -0.885. The summed E-state index contributed by atoms with van der Waals surface area (Å²) < 4.78 is 0. The van der Waals surface area contributed by atoms with Gasteiger partial charge in [0, 0.05) is 12.4 Å². The van der Waals surface area contributed by atoms with E-state index in [4.69, 9.17) is 0 Å². The summed E-state index contributed by atoms with van der Waals surface area (Å²) >= 11 is 0.